The smallest absolute Gasteiger partial charge is 0.338 e. The van der Waals surface area contributed by atoms with Crippen molar-refractivity contribution in [2.24, 2.45) is 0 Å². The van der Waals surface area contributed by atoms with Gasteiger partial charge in [0, 0.05) is 22.6 Å². The number of aromatic nitrogens is 1. The predicted molar refractivity (Wildman–Crippen MR) is 114 cm³/mol. The van der Waals surface area contributed by atoms with Crippen molar-refractivity contribution in [1.82, 2.24) is 4.57 Å². The lowest BCUT2D eigenvalue weighted by atomic mass is 10.1. The second kappa shape index (κ2) is 9.31. The number of hydrogen-bond donors (Lipinski definition) is 0. The number of carbonyl (C=O) groups is 2. The number of methoxy groups -OCH3 is 1. The van der Waals surface area contributed by atoms with Crippen molar-refractivity contribution in [1.29, 1.82) is 0 Å². The van der Waals surface area contributed by atoms with E-state index in [1.807, 2.05) is 55.7 Å². The van der Waals surface area contributed by atoms with E-state index in [4.69, 9.17) is 14.2 Å². The fourth-order valence-corrected chi connectivity index (χ4v) is 3.32. The number of esters is 1. The first-order chi connectivity index (χ1) is 14.4. The molecule has 0 spiro atoms. The maximum atomic E-state index is 12.7. The molecule has 0 saturated heterocycles. The van der Waals surface area contributed by atoms with E-state index in [0.29, 0.717) is 23.5 Å². The Kier molecular flexibility index (Phi) is 6.57. The minimum absolute atomic E-state index is 0.248. The van der Waals surface area contributed by atoms with Gasteiger partial charge in [0.15, 0.2) is 6.61 Å². The second-order valence-electron chi connectivity index (χ2n) is 6.77. The van der Waals surface area contributed by atoms with Gasteiger partial charge >= 0.3 is 5.97 Å². The van der Waals surface area contributed by atoms with Gasteiger partial charge in [0.1, 0.15) is 11.5 Å². The standard InChI is InChI=1S/C24H25NO5/c1-5-29-21-12-8-19(9-13-21)25-16(2)14-22(17(25)3)23(26)15-30-24(27)18-6-10-20(28-4)11-7-18/h6-14H,5,15H2,1-4H3. The number of aryl methyl sites for hydroxylation is 1. The Morgan fingerprint density at radius 1 is 0.933 bits per heavy atom. The Labute approximate surface area is 176 Å². The highest BCUT2D eigenvalue weighted by Crippen LogP contribution is 2.23. The molecular weight excluding hydrogens is 382 g/mol. The van der Waals surface area contributed by atoms with E-state index in [-0.39, 0.29) is 12.4 Å². The lowest BCUT2D eigenvalue weighted by Crippen LogP contribution is -2.15. The third kappa shape index (κ3) is 4.54. The maximum absolute atomic E-state index is 12.7. The minimum Gasteiger partial charge on any atom is -0.497 e. The molecule has 0 bridgehead atoms. The van der Waals surface area contributed by atoms with Gasteiger partial charge in [-0.2, -0.15) is 0 Å². The number of ether oxygens (including phenoxy) is 3. The van der Waals surface area contributed by atoms with Gasteiger partial charge in [0.25, 0.3) is 0 Å². The third-order valence-corrected chi connectivity index (χ3v) is 4.80. The highest BCUT2D eigenvalue weighted by molar-refractivity contribution is 6.00. The van der Waals surface area contributed by atoms with E-state index >= 15 is 0 Å². The normalized spacial score (nSPS) is 10.5. The van der Waals surface area contributed by atoms with Gasteiger partial charge in [-0.1, -0.05) is 0 Å². The molecule has 1 heterocycles. The summed E-state index contributed by atoms with van der Waals surface area (Å²) in [7, 11) is 1.55. The van der Waals surface area contributed by atoms with Crippen LogP contribution in [0.5, 0.6) is 11.5 Å². The average molecular weight is 407 g/mol. The van der Waals surface area contributed by atoms with Crippen molar-refractivity contribution in [2.45, 2.75) is 20.8 Å². The molecule has 30 heavy (non-hydrogen) atoms. The van der Waals surface area contributed by atoms with Gasteiger partial charge in [0.2, 0.25) is 5.78 Å². The quantitative estimate of drug-likeness (QED) is 0.405. The molecule has 156 valence electrons. The summed E-state index contributed by atoms with van der Waals surface area (Å²) in [5, 5.41) is 0. The first-order valence-corrected chi connectivity index (χ1v) is 9.71. The molecule has 0 aliphatic carbocycles. The Bertz CT molecular complexity index is 1030. The topological polar surface area (TPSA) is 66.8 Å². The summed E-state index contributed by atoms with van der Waals surface area (Å²) in [6.45, 7) is 6.03. The van der Waals surface area contributed by atoms with E-state index in [9.17, 15) is 9.59 Å². The van der Waals surface area contributed by atoms with E-state index in [0.717, 1.165) is 22.8 Å². The molecule has 0 N–H and O–H groups in total. The van der Waals surface area contributed by atoms with Gasteiger partial charge in [0.05, 0.1) is 19.3 Å². The maximum Gasteiger partial charge on any atom is 0.338 e. The Balaban J connectivity index is 1.72. The number of carbonyl (C=O) groups excluding carboxylic acids is 2. The summed E-state index contributed by atoms with van der Waals surface area (Å²) in [4.78, 5) is 24.9. The molecule has 1 aromatic heterocycles. The van der Waals surface area contributed by atoms with Crippen molar-refractivity contribution in [3.05, 3.63) is 77.1 Å². The highest BCUT2D eigenvalue weighted by atomic mass is 16.5. The molecule has 0 amide bonds. The molecule has 2 aromatic carbocycles. The summed E-state index contributed by atoms with van der Waals surface area (Å²) in [5.74, 6) is 0.642. The summed E-state index contributed by atoms with van der Waals surface area (Å²) in [5.41, 5.74) is 3.54. The van der Waals surface area contributed by atoms with Crippen LogP contribution in [0.1, 0.15) is 39.0 Å². The highest BCUT2D eigenvalue weighted by Gasteiger charge is 2.19. The number of hydrogen-bond acceptors (Lipinski definition) is 5. The van der Waals surface area contributed by atoms with Gasteiger partial charge in [-0.25, -0.2) is 4.79 Å². The minimum atomic E-state index is -0.550. The lowest BCUT2D eigenvalue weighted by Gasteiger charge is -2.11. The van der Waals surface area contributed by atoms with Crippen LogP contribution in [0.15, 0.2) is 54.6 Å². The van der Waals surface area contributed by atoms with E-state index in [1.54, 1.807) is 31.4 Å². The lowest BCUT2D eigenvalue weighted by molar-refractivity contribution is 0.0474. The molecule has 6 nitrogen and oxygen atoms in total. The van der Waals surface area contributed by atoms with Gasteiger partial charge in [-0.05, 0) is 75.4 Å². The van der Waals surface area contributed by atoms with Crippen LogP contribution >= 0.6 is 0 Å². The first kappa shape index (κ1) is 21.2. The average Bonchev–Trinajstić information content (AvgIpc) is 3.06. The van der Waals surface area contributed by atoms with Crippen molar-refractivity contribution in [2.75, 3.05) is 20.3 Å². The monoisotopic (exact) mass is 407 g/mol. The molecule has 0 saturated carbocycles. The summed E-state index contributed by atoms with van der Waals surface area (Å²) >= 11 is 0. The van der Waals surface area contributed by atoms with Crippen molar-refractivity contribution in [3.8, 4) is 17.2 Å². The van der Waals surface area contributed by atoms with Crippen molar-refractivity contribution in [3.63, 3.8) is 0 Å². The van der Waals surface area contributed by atoms with Crippen LogP contribution in [0.4, 0.5) is 0 Å². The van der Waals surface area contributed by atoms with Crippen molar-refractivity contribution >= 4 is 11.8 Å². The zero-order chi connectivity index (χ0) is 21.7. The Morgan fingerprint density at radius 3 is 2.17 bits per heavy atom. The van der Waals surface area contributed by atoms with Gasteiger partial charge < -0.3 is 18.8 Å². The molecule has 0 aliphatic rings. The summed E-state index contributed by atoms with van der Waals surface area (Å²) in [6, 6.07) is 16.0. The van der Waals surface area contributed by atoms with Gasteiger partial charge in [-0.15, -0.1) is 0 Å². The fourth-order valence-electron chi connectivity index (χ4n) is 3.32. The molecule has 0 fully saturated rings. The van der Waals surface area contributed by atoms with Crippen LogP contribution in [0.2, 0.25) is 0 Å². The molecule has 0 radical (unpaired) electrons. The van der Waals surface area contributed by atoms with Crippen LogP contribution in [-0.4, -0.2) is 36.6 Å². The van der Waals surface area contributed by atoms with Crippen LogP contribution in [0, 0.1) is 13.8 Å². The fraction of sp³-hybridized carbons (Fsp3) is 0.250. The number of rotatable bonds is 8. The largest absolute Gasteiger partial charge is 0.497 e. The van der Waals surface area contributed by atoms with E-state index < -0.39 is 5.97 Å². The molecule has 0 atom stereocenters. The first-order valence-electron chi connectivity index (χ1n) is 9.71. The molecular formula is C24H25NO5. The number of Topliss-reactive ketones (excluding diaryl/α,β-unsaturated/α-hetero) is 1. The molecule has 0 unspecified atom stereocenters. The SMILES string of the molecule is CCOc1ccc(-n2c(C)cc(C(=O)COC(=O)c3ccc(OC)cc3)c2C)cc1. The number of nitrogens with zero attached hydrogens (tertiary/aromatic N) is 1. The number of benzene rings is 2. The summed E-state index contributed by atoms with van der Waals surface area (Å²) < 4.78 is 17.8. The van der Waals surface area contributed by atoms with E-state index in [1.165, 1.54) is 0 Å². The van der Waals surface area contributed by atoms with E-state index in [2.05, 4.69) is 0 Å². The van der Waals surface area contributed by atoms with Crippen LogP contribution in [0.25, 0.3) is 5.69 Å². The van der Waals surface area contributed by atoms with Crippen LogP contribution < -0.4 is 9.47 Å². The Morgan fingerprint density at radius 2 is 1.57 bits per heavy atom. The molecule has 0 aliphatic heterocycles. The Hall–Kier alpha value is -3.54. The zero-order valence-electron chi connectivity index (χ0n) is 17.6. The summed E-state index contributed by atoms with van der Waals surface area (Å²) in [6.07, 6.45) is 0. The third-order valence-electron chi connectivity index (χ3n) is 4.80. The number of ketones is 1. The zero-order valence-corrected chi connectivity index (χ0v) is 17.6. The second-order valence-corrected chi connectivity index (χ2v) is 6.77. The van der Waals surface area contributed by atoms with Crippen molar-refractivity contribution < 1.29 is 23.8 Å². The van der Waals surface area contributed by atoms with Gasteiger partial charge in [-0.3, -0.25) is 4.79 Å². The van der Waals surface area contributed by atoms with Crippen LogP contribution in [-0.2, 0) is 4.74 Å². The molecule has 6 heteroatoms. The predicted octanol–water partition coefficient (Wildman–Crippen LogP) is 4.54. The molecule has 3 rings (SSSR count). The molecule has 3 aromatic rings. The van der Waals surface area contributed by atoms with Crippen LogP contribution in [0.3, 0.4) is 0 Å².